The zero-order chi connectivity index (χ0) is 46.3. The lowest BCUT2D eigenvalue weighted by molar-refractivity contribution is -0.141. The van der Waals surface area contributed by atoms with Gasteiger partial charge in [0.25, 0.3) is 0 Å². The fraction of sp³-hybridized carbons (Fsp3) is 0.596. The summed E-state index contributed by atoms with van der Waals surface area (Å²) in [6.45, 7) is 3.53. The predicted octanol–water partition coefficient (Wildman–Crippen LogP) is 3.77. The van der Waals surface area contributed by atoms with Gasteiger partial charge in [0.2, 0.25) is 41.4 Å². The molecule has 0 spiro atoms. The fourth-order valence-electron chi connectivity index (χ4n) is 7.52. The number of phenolic OH excluding ortho intramolecular Hbond substituents is 1. The molecule has 0 saturated carbocycles. The largest absolute Gasteiger partial charge is 0.507 e. The first-order valence-electron chi connectivity index (χ1n) is 22.6. The van der Waals surface area contributed by atoms with Crippen LogP contribution in [0, 0.1) is 0 Å². The van der Waals surface area contributed by atoms with Crippen molar-refractivity contribution in [3.05, 3.63) is 53.6 Å². The van der Waals surface area contributed by atoms with Gasteiger partial charge in [-0.1, -0.05) is 108 Å². The van der Waals surface area contributed by atoms with Crippen LogP contribution in [0.4, 0.5) is 0 Å². The first-order chi connectivity index (χ1) is 30.2. The van der Waals surface area contributed by atoms with Crippen LogP contribution in [0.15, 0.2) is 42.5 Å². The SMILES string of the molecule is CCCCCCCCCCCCCCCC(=O)N(C)C(CO)C(=O)NCC(=O)NCC(=O)N(C)C1C(=O)NCC(=O)NC(C(=O)NC(C)C)Cc2ccc(O)c(c2)-c2cccc1c2. The van der Waals surface area contributed by atoms with Crippen LogP contribution in [0.2, 0.25) is 0 Å². The number of amides is 7. The monoisotopic (exact) mass is 878 g/mol. The number of rotatable bonds is 24. The predicted molar refractivity (Wildman–Crippen MR) is 241 cm³/mol. The Bertz CT molecular complexity index is 1840. The van der Waals surface area contributed by atoms with Gasteiger partial charge in [-0.25, -0.2) is 0 Å². The summed E-state index contributed by atoms with van der Waals surface area (Å²) in [5.41, 5.74) is 1.92. The van der Waals surface area contributed by atoms with Crippen molar-refractivity contribution in [3.63, 3.8) is 0 Å². The number of benzene rings is 2. The van der Waals surface area contributed by atoms with Crippen LogP contribution in [0.5, 0.6) is 5.75 Å². The van der Waals surface area contributed by atoms with Crippen molar-refractivity contribution in [2.45, 2.75) is 141 Å². The van der Waals surface area contributed by atoms with E-state index in [9.17, 15) is 43.8 Å². The van der Waals surface area contributed by atoms with Crippen LogP contribution in [0.1, 0.15) is 128 Å². The normalized spacial score (nSPS) is 15.6. The topological polar surface area (TPSA) is 227 Å². The Morgan fingerprint density at radius 3 is 2.06 bits per heavy atom. The first-order valence-corrected chi connectivity index (χ1v) is 22.6. The minimum atomic E-state index is -1.30. The van der Waals surface area contributed by atoms with Gasteiger partial charge in [-0.3, -0.25) is 33.6 Å². The number of hydrogen-bond donors (Lipinski definition) is 7. The highest BCUT2D eigenvalue weighted by Gasteiger charge is 2.31. The molecule has 348 valence electrons. The highest BCUT2D eigenvalue weighted by Crippen LogP contribution is 2.33. The number of aromatic hydroxyl groups is 1. The van der Waals surface area contributed by atoms with Crippen LogP contribution < -0.4 is 26.6 Å². The van der Waals surface area contributed by atoms with Crippen molar-refractivity contribution in [1.29, 1.82) is 0 Å². The van der Waals surface area contributed by atoms with Gasteiger partial charge >= 0.3 is 0 Å². The van der Waals surface area contributed by atoms with Crippen molar-refractivity contribution in [1.82, 2.24) is 36.4 Å². The highest BCUT2D eigenvalue weighted by molar-refractivity contribution is 5.95. The lowest BCUT2D eigenvalue weighted by Crippen LogP contribution is -2.53. The molecule has 3 rings (SSSR count). The Labute approximate surface area is 372 Å². The third kappa shape index (κ3) is 17.6. The highest BCUT2D eigenvalue weighted by atomic mass is 16.3. The number of nitrogens with one attached hydrogen (secondary N) is 5. The zero-order valence-electron chi connectivity index (χ0n) is 37.9. The van der Waals surface area contributed by atoms with Crippen molar-refractivity contribution in [2.75, 3.05) is 40.3 Å². The molecule has 4 bridgehead atoms. The Hall–Kier alpha value is -5.51. The van der Waals surface area contributed by atoms with E-state index in [1.165, 1.54) is 82.8 Å². The molecule has 1 aliphatic rings. The number of aliphatic hydroxyl groups excluding tert-OH is 1. The number of carbonyl (C=O) groups excluding carboxylic acids is 7. The molecule has 0 radical (unpaired) electrons. The molecule has 1 aliphatic heterocycles. The lowest BCUT2D eigenvalue weighted by Gasteiger charge is -2.29. The molecular formula is C47H71N7O9. The van der Waals surface area contributed by atoms with Crippen LogP contribution in [-0.2, 0) is 40.0 Å². The van der Waals surface area contributed by atoms with Crippen molar-refractivity contribution in [2.24, 2.45) is 0 Å². The summed E-state index contributed by atoms with van der Waals surface area (Å²) in [6.07, 6.45) is 15.6. The van der Waals surface area contributed by atoms with Crippen LogP contribution in [0.25, 0.3) is 11.1 Å². The van der Waals surface area contributed by atoms with Crippen molar-refractivity contribution in [3.8, 4) is 16.9 Å². The summed E-state index contributed by atoms with van der Waals surface area (Å²) in [4.78, 5) is 94.3. The van der Waals surface area contributed by atoms with Crippen LogP contribution in [-0.4, -0.2) is 120 Å². The molecule has 0 aromatic heterocycles. The Morgan fingerprint density at radius 2 is 1.44 bits per heavy atom. The second kappa shape index (κ2) is 27.5. The number of nitrogens with zero attached hydrogens (tertiary/aromatic N) is 2. The Morgan fingerprint density at radius 1 is 0.810 bits per heavy atom. The second-order valence-corrected chi connectivity index (χ2v) is 16.8. The maximum Gasteiger partial charge on any atom is 0.247 e. The van der Waals surface area contributed by atoms with Gasteiger partial charge in [0.15, 0.2) is 0 Å². The van der Waals surface area contributed by atoms with Gasteiger partial charge in [0.1, 0.15) is 23.9 Å². The van der Waals surface area contributed by atoms with Gasteiger partial charge in [0, 0.05) is 38.5 Å². The maximum atomic E-state index is 13.8. The van der Waals surface area contributed by atoms with Crippen LogP contribution >= 0.6 is 0 Å². The van der Waals surface area contributed by atoms with Gasteiger partial charge in [-0.15, -0.1) is 0 Å². The van der Waals surface area contributed by atoms with Crippen molar-refractivity contribution < 1.29 is 43.8 Å². The molecule has 7 N–H and O–H groups in total. The summed E-state index contributed by atoms with van der Waals surface area (Å²) in [5.74, 6) is -4.31. The van der Waals surface area contributed by atoms with Gasteiger partial charge in [0.05, 0.1) is 26.2 Å². The molecule has 16 heteroatoms. The number of aliphatic hydroxyl groups is 1. The molecule has 2 aromatic carbocycles. The Balaban J connectivity index is 1.55. The number of hydrogen-bond acceptors (Lipinski definition) is 9. The maximum absolute atomic E-state index is 13.8. The average molecular weight is 878 g/mol. The van der Waals surface area contributed by atoms with E-state index in [-0.39, 0.29) is 30.5 Å². The molecule has 0 fully saturated rings. The third-order valence-electron chi connectivity index (χ3n) is 11.2. The van der Waals surface area contributed by atoms with E-state index >= 15 is 0 Å². The van der Waals surface area contributed by atoms with Gasteiger partial charge in [-0.2, -0.15) is 0 Å². The van der Waals surface area contributed by atoms with E-state index < -0.39 is 79.8 Å². The second-order valence-electron chi connectivity index (χ2n) is 16.8. The summed E-state index contributed by atoms with van der Waals surface area (Å²) >= 11 is 0. The molecule has 2 aromatic rings. The smallest absolute Gasteiger partial charge is 0.247 e. The number of unbranched alkanes of at least 4 members (excludes halogenated alkanes) is 12. The Kier molecular flexibility index (Phi) is 22.7. The standard InChI is InChI=1S/C47H71N7O9/c1-6-7-8-9-10-11-12-13-14-15-16-17-18-22-42(59)53(4)38(31-55)46(62)49-28-40(57)48-30-43(60)54(5)44-35-21-19-20-34(27-35)36-25-33(23-24-39(36)56)26-37(45(61)51-32(2)3)52-41(58)29-50-47(44)63/h19-21,23-25,27,32,37-38,44,55-56H,6-18,22,26,28-31H2,1-5H3,(H,48,57)(H,49,62)(H,50,63)(H,51,61)(H,52,58). The van der Waals surface area contributed by atoms with E-state index in [1.807, 2.05) is 0 Å². The summed E-state index contributed by atoms with van der Waals surface area (Å²) in [6, 6.07) is 7.75. The molecule has 0 aliphatic carbocycles. The minimum absolute atomic E-state index is 0.0657. The molecule has 63 heavy (non-hydrogen) atoms. The lowest BCUT2D eigenvalue weighted by atomic mass is 9.94. The van der Waals surface area contributed by atoms with E-state index in [1.54, 1.807) is 50.2 Å². The fourth-order valence-corrected chi connectivity index (χ4v) is 7.52. The zero-order valence-corrected chi connectivity index (χ0v) is 37.9. The van der Waals surface area contributed by atoms with Gasteiger partial charge < -0.3 is 46.6 Å². The number of phenols is 1. The van der Waals surface area contributed by atoms with E-state index in [0.29, 0.717) is 28.7 Å². The van der Waals surface area contributed by atoms with E-state index in [0.717, 1.165) is 24.2 Å². The molecule has 3 unspecified atom stereocenters. The van der Waals surface area contributed by atoms with Gasteiger partial charge in [-0.05, 0) is 55.2 Å². The molecule has 3 atom stereocenters. The summed E-state index contributed by atoms with van der Waals surface area (Å²) in [5, 5.41) is 33.7. The summed E-state index contributed by atoms with van der Waals surface area (Å²) in [7, 11) is 2.80. The van der Waals surface area contributed by atoms with E-state index in [2.05, 4.69) is 33.5 Å². The minimum Gasteiger partial charge on any atom is -0.507 e. The molecular weight excluding hydrogens is 807 g/mol. The van der Waals surface area contributed by atoms with Crippen molar-refractivity contribution >= 4 is 41.4 Å². The molecule has 7 amide bonds. The molecule has 0 saturated heterocycles. The molecule has 1 heterocycles. The quantitative estimate of drug-likeness (QED) is 0.0761. The molecule has 16 nitrogen and oxygen atoms in total. The third-order valence-corrected chi connectivity index (χ3v) is 11.2. The van der Waals surface area contributed by atoms with Crippen LogP contribution in [0.3, 0.4) is 0 Å². The number of fused-ring (bicyclic) bond motifs is 5. The summed E-state index contributed by atoms with van der Waals surface area (Å²) < 4.78 is 0. The average Bonchev–Trinajstić information content (AvgIpc) is 3.25. The first kappa shape index (κ1) is 51.8. The number of likely N-dealkylation sites (N-methyl/N-ethyl adjacent to an activating group) is 2. The van der Waals surface area contributed by atoms with E-state index in [4.69, 9.17) is 0 Å². The number of carbonyl (C=O) groups is 7.